The summed E-state index contributed by atoms with van der Waals surface area (Å²) in [7, 11) is 3.88. The fraction of sp³-hybridized carbons (Fsp3) is 0.667. The average Bonchev–Trinajstić information content (AvgIpc) is 3.37. The first-order valence-electron chi connectivity index (χ1n) is 10.4. The largest absolute Gasteiger partial charge is 0.483 e. The van der Waals surface area contributed by atoms with Crippen molar-refractivity contribution in [2.45, 2.75) is 37.8 Å². The van der Waals surface area contributed by atoms with Crippen molar-refractivity contribution >= 4 is 18.2 Å². The van der Waals surface area contributed by atoms with Gasteiger partial charge in [0.2, 0.25) is 0 Å². The number of hydrogen-bond donors (Lipinski definition) is 2. The van der Waals surface area contributed by atoms with Gasteiger partial charge < -0.3 is 20.0 Å². The van der Waals surface area contributed by atoms with Crippen LogP contribution in [0.15, 0.2) is 18.3 Å². The van der Waals surface area contributed by atoms with Crippen LogP contribution in [-0.2, 0) is 4.79 Å². The SMILES string of the molecule is CN(C)c1ccc(C(=O)N2C[C@H]3C[C@@H](N4CCCC4)[C@H](O)C[C@H]3C2)cn1.O=CO. The van der Waals surface area contributed by atoms with Crippen LogP contribution in [0.1, 0.15) is 36.0 Å². The summed E-state index contributed by atoms with van der Waals surface area (Å²) < 4.78 is 0. The number of likely N-dealkylation sites (tertiary alicyclic amines) is 2. The summed E-state index contributed by atoms with van der Waals surface area (Å²) in [6.45, 7) is 3.57. The van der Waals surface area contributed by atoms with Gasteiger partial charge in [0.1, 0.15) is 5.82 Å². The van der Waals surface area contributed by atoms with Crippen molar-refractivity contribution in [3.63, 3.8) is 0 Å². The van der Waals surface area contributed by atoms with Gasteiger partial charge in [-0.2, -0.15) is 0 Å². The molecule has 0 unspecified atom stereocenters. The number of aromatic nitrogens is 1. The van der Waals surface area contributed by atoms with Gasteiger partial charge in [-0.05, 0) is 62.7 Å². The highest BCUT2D eigenvalue weighted by Crippen LogP contribution is 2.39. The number of pyridine rings is 1. The maximum atomic E-state index is 12.9. The molecule has 3 fully saturated rings. The third-order valence-corrected chi connectivity index (χ3v) is 6.46. The van der Waals surface area contributed by atoms with Crippen LogP contribution < -0.4 is 4.90 Å². The molecular formula is C21H32N4O4. The van der Waals surface area contributed by atoms with Crippen LogP contribution in [-0.4, -0.2) is 89.8 Å². The van der Waals surface area contributed by atoms with E-state index in [4.69, 9.17) is 9.90 Å². The fourth-order valence-corrected chi connectivity index (χ4v) is 5.00. The van der Waals surface area contributed by atoms with Gasteiger partial charge in [0.15, 0.2) is 0 Å². The summed E-state index contributed by atoms with van der Waals surface area (Å²) in [5, 5.41) is 17.5. The zero-order chi connectivity index (χ0) is 21.0. The third-order valence-electron chi connectivity index (χ3n) is 6.46. The highest BCUT2D eigenvalue weighted by Gasteiger charge is 2.44. The van der Waals surface area contributed by atoms with E-state index < -0.39 is 0 Å². The average molecular weight is 405 g/mol. The van der Waals surface area contributed by atoms with Crippen LogP contribution in [0.2, 0.25) is 0 Å². The lowest BCUT2D eigenvalue weighted by atomic mass is 9.77. The van der Waals surface area contributed by atoms with Crippen molar-refractivity contribution in [1.29, 1.82) is 0 Å². The highest BCUT2D eigenvalue weighted by molar-refractivity contribution is 5.94. The molecule has 8 nitrogen and oxygen atoms in total. The molecule has 1 aliphatic carbocycles. The molecule has 2 N–H and O–H groups in total. The number of amides is 1. The number of anilines is 1. The van der Waals surface area contributed by atoms with Gasteiger partial charge in [0.05, 0.1) is 11.7 Å². The van der Waals surface area contributed by atoms with Crippen LogP contribution >= 0.6 is 0 Å². The smallest absolute Gasteiger partial charge is 0.290 e. The van der Waals surface area contributed by atoms with Crippen LogP contribution in [0.4, 0.5) is 5.82 Å². The Kier molecular flexibility index (Phi) is 7.08. The predicted molar refractivity (Wildman–Crippen MR) is 110 cm³/mol. The van der Waals surface area contributed by atoms with E-state index >= 15 is 0 Å². The number of hydrogen-bond acceptors (Lipinski definition) is 6. The zero-order valence-corrected chi connectivity index (χ0v) is 17.3. The van der Waals surface area contributed by atoms with Crippen molar-refractivity contribution < 1.29 is 19.8 Å². The lowest BCUT2D eigenvalue weighted by Crippen LogP contribution is -2.48. The first kappa shape index (κ1) is 21.5. The fourth-order valence-electron chi connectivity index (χ4n) is 5.00. The van der Waals surface area contributed by atoms with E-state index in [1.807, 2.05) is 36.0 Å². The van der Waals surface area contributed by atoms with Crippen LogP contribution in [0, 0.1) is 11.8 Å². The summed E-state index contributed by atoms with van der Waals surface area (Å²) in [5.74, 6) is 1.88. The van der Waals surface area contributed by atoms with E-state index in [0.717, 1.165) is 44.8 Å². The number of carboxylic acid groups (broad SMARTS) is 1. The third kappa shape index (κ3) is 4.87. The zero-order valence-electron chi connectivity index (χ0n) is 17.3. The molecular weight excluding hydrogens is 372 g/mol. The Balaban J connectivity index is 0.000000755. The quantitative estimate of drug-likeness (QED) is 0.730. The molecule has 3 aliphatic rings. The summed E-state index contributed by atoms with van der Waals surface area (Å²) in [4.78, 5) is 32.0. The van der Waals surface area contributed by atoms with Gasteiger partial charge in [0.25, 0.3) is 12.4 Å². The second-order valence-electron chi connectivity index (χ2n) is 8.48. The van der Waals surface area contributed by atoms with Crippen LogP contribution in [0.3, 0.4) is 0 Å². The Morgan fingerprint density at radius 1 is 1.17 bits per heavy atom. The normalized spacial score (nSPS) is 29.0. The maximum absolute atomic E-state index is 12.9. The number of carbonyl (C=O) groups is 2. The molecule has 0 aromatic carbocycles. The molecule has 1 aromatic heterocycles. The molecule has 0 radical (unpaired) electrons. The summed E-state index contributed by atoms with van der Waals surface area (Å²) >= 11 is 0. The number of aliphatic hydroxyl groups is 1. The van der Waals surface area contributed by atoms with E-state index in [0.29, 0.717) is 17.4 Å². The lowest BCUT2D eigenvalue weighted by Gasteiger charge is -2.40. The molecule has 1 amide bonds. The molecule has 3 heterocycles. The van der Waals surface area contributed by atoms with Gasteiger partial charge in [-0.3, -0.25) is 14.5 Å². The predicted octanol–water partition coefficient (Wildman–Crippen LogP) is 1.16. The number of nitrogens with zero attached hydrogens (tertiary/aromatic N) is 4. The van der Waals surface area contributed by atoms with Gasteiger partial charge in [-0.1, -0.05) is 0 Å². The monoisotopic (exact) mass is 404 g/mol. The first-order chi connectivity index (χ1) is 13.9. The molecule has 4 atom stereocenters. The van der Waals surface area contributed by atoms with Crippen molar-refractivity contribution in [3.8, 4) is 0 Å². The molecule has 8 heteroatoms. The molecule has 2 saturated heterocycles. The molecule has 1 aromatic rings. The highest BCUT2D eigenvalue weighted by atomic mass is 16.3. The van der Waals surface area contributed by atoms with Crippen molar-refractivity contribution in [2.75, 3.05) is 45.2 Å². The van der Waals surface area contributed by atoms with Crippen molar-refractivity contribution in [1.82, 2.24) is 14.8 Å². The van der Waals surface area contributed by atoms with Gasteiger partial charge in [-0.25, -0.2) is 4.98 Å². The molecule has 0 spiro atoms. The van der Waals surface area contributed by atoms with Crippen LogP contribution in [0.25, 0.3) is 0 Å². The summed E-state index contributed by atoms with van der Waals surface area (Å²) in [6.07, 6.45) is 5.78. The van der Waals surface area contributed by atoms with Gasteiger partial charge in [-0.15, -0.1) is 0 Å². The Morgan fingerprint density at radius 3 is 2.34 bits per heavy atom. The lowest BCUT2D eigenvalue weighted by molar-refractivity contribution is -0.122. The topological polar surface area (TPSA) is 97.2 Å². The number of fused-ring (bicyclic) bond motifs is 1. The Hall–Kier alpha value is -2.19. The van der Waals surface area contributed by atoms with Gasteiger partial charge >= 0.3 is 0 Å². The summed E-state index contributed by atoms with van der Waals surface area (Å²) in [5.41, 5.74) is 0.658. The molecule has 29 heavy (non-hydrogen) atoms. The van der Waals surface area contributed by atoms with Crippen molar-refractivity contribution in [2.24, 2.45) is 11.8 Å². The first-order valence-corrected chi connectivity index (χ1v) is 10.4. The minimum atomic E-state index is -0.250. The number of carbonyl (C=O) groups excluding carboxylic acids is 1. The van der Waals surface area contributed by atoms with Crippen LogP contribution in [0.5, 0.6) is 0 Å². The minimum absolute atomic E-state index is 0.0735. The van der Waals surface area contributed by atoms with E-state index in [1.165, 1.54) is 12.8 Å². The van der Waals surface area contributed by atoms with Crippen molar-refractivity contribution in [3.05, 3.63) is 23.9 Å². The molecule has 160 valence electrons. The maximum Gasteiger partial charge on any atom is 0.290 e. The second kappa shape index (κ2) is 9.54. The molecule has 4 rings (SSSR count). The van der Waals surface area contributed by atoms with E-state index in [2.05, 4.69) is 9.88 Å². The molecule has 1 saturated carbocycles. The van der Waals surface area contributed by atoms with E-state index in [9.17, 15) is 9.90 Å². The molecule has 2 aliphatic heterocycles. The standard InChI is InChI=1S/C20H30N4O2.CH2O2/c1-22(2)19-6-5-14(11-21-19)20(26)24-12-15-9-17(23-7-3-4-8-23)18(25)10-16(15)13-24;2-1-3/h5-6,11,15-18,25H,3-4,7-10,12-13H2,1-2H3;1H,(H,2,3)/t15-,16+,17-,18-;/m1./s1. The van der Waals surface area contributed by atoms with Gasteiger partial charge in [0, 0.05) is 39.4 Å². The second-order valence-corrected chi connectivity index (χ2v) is 8.48. The van der Waals surface area contributed by atoms with E-state index in [-0.39, 0.29) is 24.5 Å². The Bertz CT molecular complexity index is 690. The Labute approximate surface area is 172 Å². The Morgan fingerprint density at radius 2 is 1.79 bits per heavy atom. The number of aliphatic hydroxyl groups excluding tert-OH is 1. The van der Waals surface area contributed by atoms with E-state index in [1.54, 1.807) is 6.20 Å². The minimum Gasteiger partial charge on any atom is -0.483 e. The summed E-state index contributed by atoms with van der Waals surface area (Å²) in [6, 6.07) is 4.05. The molecule has 0 bridgehead atoms. The number of rotatable bonds is 3.